The first-order valence-electron chi connectivity index (χ1n) is 11.2. The summed E-state index contributed by atoms with van der Waals surface area (Å²) in [7, 11) is -7.82. The number of halogens is 3. The Labute approximate surface area is 207 Å². The highest BCUT2D eigenvalue weighted by Gasteiger charge is 2.58. The molecule has 35 heavy (non-hydrogen) atoms. The number of fused-ring (bicyclic) bond motifs is 1. The molecule has 1 aliphatic heterocycles. The van der Waals surface area contributed by atoms with Gasteiger partial charge in [0.15, 0.2) is 15.7 Å². The second-order valence-corrected chi connectivity index (χ2v) is 14.2. The molecule has 0 atom stereocenters. The summed E-state index contributed by atoms with van der Waals surface area (Å²) in [5.74, 6) is -2.51. The summed E-state index contributed by atoms with van der Waals surface area (Å²) < 4.78 is 81.3. The van der Waals surface area contributed by atoms with Crippen LogP contribution in [0.1, 0.15) is 39.5 Å². The summed E-state index contributed by atoms with van der Waals surface area (Å²) in [6, 6.07) is 9.73. The molecule has 0 bridgehead atoms. The van der Waals surface area contributed by atoms with Crippen molar-refractivity contribution in [3.8, 4) is 0 Å². The summed E-state index contributed by atoms with van der Waals surface area (Å²) in [6.45, 7) is 3.13. The minimum atomic E-state index is -4.25. The molecule has 12 heteroatoms. The third kappa shape index (κ3) is 3.92. The lowest BCUT2D eigenvalue weighted by atomic mass is 9.96. The third-order valence-electron chi connectivity index (χ3n) is 6.85. The highest BCUT2D eigenvalue weighted by Crippen LogP contribution is 2.55. The van der Waals surface area contributed by atoms with Crippen LogP contribution in [-0.2, 0) is 19.9 Å². The number of aromatic nitrogens is 2. The predicted molar refractivity (Wildman–Crippen MR) is 130 cm³/mol. The van der Waals surface area contributed by atoms with E-state index in [2.05, 4.69) is 5.10 Å². The van der Waals surface area contributed by atoms with Gasteiger partial charge in [-0.1, -0.05) is 17.7 Å². The van der Waals surface area contributed by atoms with Gasteiger partial charge in [-0.3, -0.25) is 0 Å². The highest BCUT2D eigenvalue weighted by molar-refractivity contribution is 7.92. The fourth-order valence-electron chi connectivity index (χ4n) is 4.73. The van der Waals surface area contributed by atoms with Gasteiger partial charge < -0.3 is 4.90 Å². The first-order chi connectivity index (χ1) is 16.3. The van der Waals surface area contributed by atoms with E-state index in [0.29, 0.717) is 18.2 Å². The quantitative estimate of drug-likeness (QED) is 0.456. The van der Waals surface area contributed by atoms with E-state index in [-0.39, 0.29) is 45.5 Å². The number of rotatable bonds is 5. The van der Waals surface area contributed by atoms with Crippen LogP contribution in [0, 0.1) is 0 Å². The van der Waals surface area contributed by atoms with E-state index in [4.69, 9.17) is 11.6 Å². The zero-order valence-corrected chi connectivity index (χ0v) is 21.5. The topological polar surface area (TPSA) is 89.3 Å². The van der Waals surface area contributed by atoms with Crippen molar-refractivity contribution in [3.05, 3.63) is 47.5 Å². The lowest BCUT2D eigenvalue weighted by Gasteiger charge is -2.40. The molecule has 0 radical (unpaired) electrons. The van der Waals surface area contributed by atoms with Crippen molar-refractivity contribution in [2.45, 2.75) is 66.0 Å². The first-order valence-corrected chi connectivity index (χ1v) is 14.6. The Morgan fingerprint density at radius 3 is 2.20 bits per heavy atom. The summed E-state index contributed by atoms with van der Waals surface area (Å²) in [5, 5.41) is 4.41. The number of hydrogen-bond acceptors (Lipinski definition) is 6. The molecule has 1 aliphatic carbocycles. The normalized spacial score (nSPS) is 19.5. The van der Waals surface area contributed by atoms with Gasteiger partial charge in [0.05, 0.1) is 31.0 Å². The molecule has 188 valence electrons. The van der Waals surface area contributed by atoms with Crippen molar-refractivity contribution in [1.29, 1.82) is 0 Å². The standard InChI is InChI=1S/C23H24ClF2N3O4S2/c1-15(2)34(30,31)16-6-8-17(9-7-16)35(32,33)29-19-5-3-4-18(24)20(19)21(27-29)28-13-12-23(25,26)14-22(28)10-11-22/h3-9,15H,10-14H2,1-2H3. The minimum Gasteiger partial charge on any atom is -0.348 e. The maximum Gasteiger partial charge on any atom is 0.283 e. The number of piperidine rings is 1. The molecule has 2 aliphatic rings. The third-order valence-corrected chi connectivity index (χ3v) is 10.9. The molecule has 2 aromatic carbocycles. The summed E-state index contributed by atoms with van der Waals surface area (Å²) >= 11 is 6.47. The summed E-state index contributed by atoms with van der Waals surface area (Å²) in [6.07, 6.45) is 0.475. The van der Waals surface area contributed by atoms with Gasteiger partial charge in [-0.15, -0.1) is 5.10 Å². The lowest BCUT2D eigenvalue weighted by molar-refractivity contribution is -0.0374. The van der Waals surface area contributed by atoms with E-state index in [9.17, 15) is 25.6 Å². The Hall–Kier alpha value is -2.24. The van der Waals surface area contributed by atoms with Gasteiger partial charge in [-0.25, -0.2) is 17.2 Å². The number of alkyl halides is 2. The Morgan fingerprint density at radius 2 is 1.60 bits per heavy atom. The zero-order valence-electron chi connectivity index (χ0n) is 19.1. The van der Waals surface area contributed by atoms with Crippen LogP contribution in [0.3, 0.4) is 0 Å². The zero-order chi connectivity index (χ0) is 25.4. The lowest BCUT2D eigenvalue weighted by Crippen LogP contribution is -2.49. The Morgan fingerprint density at radius 1 is 0.971 bits per heavy atom. The second-order valence-electron chi connectivity index (χ2n) is 9.53. The largest absolute Gasteiger partial charge is 0.348 e. The maximum atomic E-state index is 14.2. The highest BCUT2D eigenvalue weighted by atomic mass is 35.5. The molecule has 1 saturated heterocycles. The maximum absolute atomic E-state index is 14.2. The van der Waals surface area contributed by atoms with Crippen LogP contribution >= 0.6 is 11.6 Å². The molecule has 1 spiro atoms. The summed E-state index contributed by atoms with van der Waals surface area (Å²) in [5.41, 5.74) is -0.538. The first kappa shape index (κ1) is 24.5. The Balaban J connectivity index is 1.63. The van der Waals surface area contributed by atoms with E-state index in [0.717, 1.165) is 4.09 Å². The number of anilines is 1. The van der Waals surface area contributed by atoms with Crippen LogP contribution in [0.5, 0.6) is 0 Å². The molecule has 3 aromatic rings. The number of nitrogens with zero attached hydrogens (tertiary/aromatic N) is 3. The predicted octanol–water partition coefficient (Wildman–Crippen LogP) is 4.88. The smallest absolute Gasteiger partial charge is 0.283 e. The molecule has 0 N–H and O–H groups in total. The number of sulfone groups is 1. The van der Waals surface area contributed by atoms with Gasteiger partial charge in [-0.2, -0.15) is 12.5 Å². The van der Waals surface area contributed by atoms with Crippen molar-refractivity contribution in [3.63, 3.8) is 0 Å². The fraction of sp³-hybridized carbons (Fsp3) is 0.435. The molecule has 0 unspecified atom stereocenters. The molecule has 1 saturated carbocycles. The van der Waals surface area contributed by atoms with Gasteiger partial charge >= 0.3 is 0 Å². The molecule has 5 rings (SSSR count). The Bertz CT molecular complexity index is 1530. The fourth-order valence-corrected chi connectivity index (χ4v) is 7.32. The average molecular weight is 544 g/mol. The van der Waals surface area contributed by atoms with Crippen molar-refractivity contribution < 1.29 is 25.6 Å². The Kier molecular flexibility index (Phi) is 5.50. The molecule has 7 nitrogen and oxygen atoms in total. The van der Waals surface area contributed by atoms with E-state index in [1.165, 1.54) is 24.3 Å². The summed E-state index contributed by atoms with van der Waals surface area (Å²) in [4.78, 5) is 1.65. The van der Waals surface area contributed by atoms with Crippen molar-refractivity contribution in [2.75, 3.05) is 11.4 Å². The molecule has 0 amide bonds. The number of hydrogen-bond donors (Lipinski definition) is 0. The molecule has 1 aromatic heterocycles. The van der Waals surface area contributed by atoms with Crippen LogP contribution in [0.4, 0.5) is 14.6 Å². The second kappa shape index (κ2) is 7.88. The van der Waals surface area contributed by atoms with Crippen molar-refractivity contribution >= 4 is 48.2 Å². The van der Waals surface area contributed by atoms with E-state index in [1.54, 1.807) is 36.9 Å². The molecule has 2 fully saturated rings. The monoisotopic (exact) mass is 543 g/mol. The van der Waals surface area contributed by atoms with Gasteiger partial charge in [-0.05, 0) is 63.1 Å². The van der Waals surface area contributed by atoms with Crippen LogP contribution < -0.4 is 4.90 Å². The molecular formula is C23H24ClF2N3O4S2. The SMILES string of the molecule is CC(C)S(=O)(=O)c1ccc(S(=O)(=O)n2nc(N3CCC(F)(F)CC34CC4)c3c(Cl)cccc32)cc1. The van der Waals surface area contributed by atoms with Gasteiger partial charge in [0.2, 0.25) is 0 Å². The van der Waals surface area contributed by atoms with Crippen LogP contribution in [-0.4, -0.2) is 49.3 Å². The van der Waals surface area contributed by atoms with E-state index in [1.807, 2.05) is 0 Å². The van der Waals surface area contributed by atoms with E-state index < -0.39 is 36.6 Å². The molecular weight excluding hydrogens is 520 g/mol. The minimum absolute atomic E-state index is 0.0189. The van der Waals surface area contributed by atoms with E-state index >= 15 is 0 Å². The van der Waals surface area contributed by atoms with Crippen LogP contribution in [0.2, 0.25) is 5.02 Å². The van der Waals surface area contributed by atoms with Gasteiger partial charge in [0.25, 0.3) is 15.9 Å². The van der Waals surface area contributed by atoms with Gasteiger partial charge in [0.1, 0.15) is 0 Å². The molecule has 2 heterocycles. The van der Waals surface area contributed by atoms with Crippen molar-refractivity contribution in [2.24, 2.45) is 0 Å². The number of benzene rings is 2. The van der Waals surface area contributed by atoms with Crippen LogP contribution in [0.25, 0.3) is 10.9 Å². The average Bonchev–Trinajstić information content (AvgIpc) is 3.41. The van der Waals surface area contributed by atoms with Gasteiger partial charge in [0, 0.05) is 24.9 Å². The van der Waals surface area contributed by atoms with Crippen LogP contribution in [0.15, 0.2) is 52.3 Å². The van der Waals surface area contributed by atoms with Crippen molar-refractivity contribution in [1.82, 2.24) is 9.19 Å².